The highest BCUT2D eigenvalue weighted by Gasteiger charge is 2.09. The van der Waals surface area contributed by atoms with E-state index in [0.29, 0.717) is 17.4 Å². The van der Waals surface area contributed by atoms with E-state index in [1.807, 2.05) is 31.2 Å². The molecule has 2 nitrogen and oxygen atoms in total. The Bertz CT molecular complexity index is 359. The highest BCUT2D eigenvalue weighted by molar-refractivity contribution is 6.17. The molecule has 1 aromatic carbocycles. The number of rotatable bonds is 5. The van der Waals surface area contributed by atoms with E-state index < -0.39 is 0 Å². The number of carbonyl (C=O) groups is 1. The summed E-state index contributed by atoms with van der Waals surface area (Å²) < 4.78 is 0. The zero-order valence-electron chi connectivity index (χ0n) is 10.7. The van der Waals surface area contributed by atoms with Crippen molar-refractivity contribution in [2.45, 2.75) is 39.2 Å². The second-order valence-corrected chi connectivity index (χ2v) is 5.01. The number of amides is 1. The van der Waals surface area contributed by atoms with Crippen molar-refractivity contribution in [1.82, 2.24) is 5.32 Å². The maximum atomic E-state index is 11.9. The standard InChI is InChI=1S/C14H20ClNO/c1-10(2)12-4-6-13(7-5-12)14(17)16-11(3)8-9-15/h4-7,10-11H,8-9H2,1-3H3,(H,16,17). The van der Waals surface area contributed by atoms with Crippen LogP contribution >= 0.6 is 11.6 Å². The van der Waals surface area contributed by atoms with Crippen LogP contribution in [0.5, 0.6) is 0 Å². The Labute approximate surface area is 108 Å². The summed E-state index contributed by atoms with van der Waals surface area (Å²) in [6, 6.07) is 7.87. The van der Waals surface area contributed by atoms with Gasteiger partial charge in [0.15, 0.2) is 0 Å². The second kappa shape index (κ2) is 6.65. The Hall–Kier alpha value is -1.02. The monoisotopic (exact) mass is 253 g/mol. The summed E-state index contributed by atoms with van der Waals surface area (Å²) in [5, 5.41) is 2.92. The molecule has 1 unspecified atom stereocenters. The zero-order valence-corrected chi connectivity index (χ0v) is 11.4. The van der Waals surface area contributed by atoms with Gasteiger partial charge in [0, 0.05) is 17.5 Å². The molecule has 0 fully saturated rings. The van der Waals surface area contributed by atoms with E-state index in [2.05, 4.69) is 19.2 Å². The fourth-order valence-electron chi connectivity index (χ4n) is 1.56. The predicted molar refractivity (Wildman–Crippen MR) is 72.8 cm³/mol. The van der Waals surface area contributed by atoms with E-state index in [4.69, 9.17) is 11.6 Å². The van der Waals surface area contributed by atoms with Crippen LogP contribution in [-0.2, 0) is 0 Å². The van der Waals surface area contributed by atoms with E-state index in [0.717, 1.165) is 6.42 Å². The third kappa shape index (κ3) is 4.39. The molecule has 0 saturated carbocycles. The molecule has 0 bridgehead atoms. The molecule has 0 aliphatic rings. The van der Waals surface area contributed by atoms with Crippen LogP contribution in [0.2, 0.25) is 0 Å². The highest BCUT2D eigenvalue weighted by Crippen LogP contribution is 2.14. The number of nitrogens with one attached hydrogen (secondary N) is 1. The molecule has 0 aliphatic heterocycles. The number of hydrogen-bond acceptors (Lipinski definition) is 1. The third-order valence-electron chi connectivity index (χ3n) is 2.76. The van der Waals surface area contributed by atoms with Gasteiger partial charge in [-0.15, -0.1) is 11.6 Å². The van der Waals surface area contributed by atoms with E-state index in [9.17, 15) is 4.79 Å². The second-order valence-electron chi connectivity index (χ2n) is 4.63. The molecule has 0 saturated heterocycles. The lowest BCUT2D eigenvalue weighted by Crippen LogP contribution is -2.32. The Morgan fingerprint density at radius 2 is 1.82 bits per heavy atom. The quantitative estimate of drug-likeness (QED) is 0.799. The van der Waals surface area contributed by atoms with Gasteiger partial charge >= 0.3 is 0 Å². The summed E-state index contributed by atoms with van der Waals surface area (Å²) >= 11 is 5.63. The minimum atomic E-state index is -0.0297. The number of hydrogen-bond donors (Lipinski definition) is 1. The third-order valence-corrected chi connectivity index (χ3v) is 2.98. The maximum Gasteiger partial charge on any atom is 0.251 e. The molecule has 3 heteroatoms. The number of carbonyl (C=O) groups excluding carboxylic acids is 1. The molecule has 0 aliphatic carbocycles. The lowest BCUT2D eigenvalue weighted by Gasteiger charge is -2.13. The lowest BCUT2D eigenvalue weighted by atomic mass is 10.0. The van der Waals surface area contributed by atoms with Crippen LogP contribution in [0.25, 0.3) is 0 Å². The minimum Gasteiger partial charge on any atom is -0.350 e. The van der Waals surface area contributed by atoms with Crippen LogP contribution in [0, 0.1) is 0 Å². The summed E-state index contributed by atoms with van der Waals surface area (Å²) in [6.07, 6.45) is 0.789. The van der Waals surface area contributed by atoms with Crippen molar-refractivity contribution >= 4 is 17.5 Å². The van der Waals surface area contributed by atoms with Crippen molar-refractivity contribution in [1.29, 1.82) is 0 Å². The Kier molecular flexibility index (Phi) is 5.49. The first kappa shape index (κ1) is 14.0. The molecule has 0 radical (unpaired) electrons. The van der Waals surface area contributed by atoms with Crippen molar-refractivity contribution in [3.8, 4) is 0 Å². The fourth-order valence-corrected chi connectivity index (χ4v) is 1.89. The van der Waals surface area contributed by atoms with Crippen molar-refractivity contribution in [2.75, 3.05) is 5.88 Å². The van der Waals surface area contributed by atoms with Crippen LogP contribution < -0.4 is 5.32 Å². The molecule has 1 N–H and O–H groups in total. The first-order chi connectivity index (χ1) is 8.04. The van der Waals surface area contributed by atoms with E-state index >= 15 is 0 Å². The van der Waals surface area contributed by atoms with Crippen LogP contribution in [0.1, 0.15) is 49.0 Å². The Morgan fingerprint density at radius 1 is 1.24 bits per heavy atom. The van der Waals surface area contributed by atoms with Crippen molar-refractivity contribution in [3.63, 3.8) is 0 Å². The summed E-state index contributed by atoms with van der Waals surface area (Å²) in [4.78, 5) is 11.9. The first-order valence-electron chi connectivity index (χ1n) is 6.01. The molecule has 0 spiro atoms. The normalized spacial score (nSPS) is 12.5. The molecule has 94 valence electrons. The molecule has 1 rings (SSSR count). The molecule has 17 heavy (non-hydrogen) atoms. The summed E-state index contributed by atoms with van der Waals surface area (Å²) in [5.41, 5.74) is 1.95. The number of alkyl halides is 1. The SMILES string of the molecule is CC(CCCl)NC(=O)c1ccc(C(C)C)cc1. The maximum absolute atomic E-state index is 11.9. The summed E-state index contributed by atoms with van der Waals surface area (Å²) in [7, 11) is 0. The van der Waals surface area contributed by atoms with E-state index in [-0.39, 0.29) is 11.9 Å². The van der Waals surface area contributed by atoms with Crippen LogP contribution in [0.4, 0.5) is 0 Å². The molecular formula is C14H20ClNO. The predicted octanol–water partition coefficient (Wildman–Crippen LogP) is 3.56. The van der Waals surface area contributed by atoms with Gasteiger partial charge in [-0.05, 0) is 37.0 Å². The smallest absolute Gasteiger partial charge is 0.251 e. The lowest BCUT2D eigenvalue weighted by molar-refractivity contribution is 0.0939. The van der Waals surface area contributed by atoms with Gasteiger partial charge in [0.25, 0.3) is 5.91 Å². The van der Waals surface area contributed by atoms with Crippen molar-refractivity contribution in [3.05, 3.63) is 35.4 Å². The van der Waals surface area contributed by atoms with Gasteiger partial charge in [0.05, 0.1) is 0 Å². The number of halogens is 1. The van der Waals surface area contributed by atoms with Gasteiger partial charge in [-0.2, -0.15) is 0 Å². The molecular weight excluding hydrogens is 234 g/mol. The van der Waals surface area contributed by atoms with Crippen LogP contribution in [0.15, 0.2) is 24.3 Å². The first-order valence-corrected chi connectivity index (χ1v) is 6.54. The largest absolute Gasteiger partial charge is 0.350 e. The summed E-state index contributed by atoms with van der Waals surface area (Å²) in [5.74, 6) is 1.02. The number of benzene rings is 1. The Balaban J connectivity index is 2.63. The highest BCUT2D eigenvalue weighted by atomic mass is 35.5. The van der Waals surface area contributed by atoms with Crippen molar-refractivity contribution in [2.24, 2.45) is 0 Å². The molecule has 1 atom stereocenters. The molecule has 1 aromatic rings. The van der Waals surface area contributed by atoms with Gasteiger partial charge < -0.3 is 5.32 Å². The zero-order chi connectivity index (χ0) is 12.8. The molecule has 0 heterocycles. The van der Waals surface area contributed by atoms with Crippen LogP contribution in [-0.4, -0.2) is 17.8 Å². The molecule has 1 amide bonds. The van der Waals surface area contributed by atoms with Crippen molar-refractivity contribution < 1.29 is 4.79 Å². The van der Waals surface area contributed by atoms with Gasteiger partial charge in [-0.1, -0.05) is 26.0 Å². The van der Waals surface area contributed by atoms with E-state index in [1.165, 1.54) is 5.56 Å². The molecule has 0 aromatic heterocycles. The van der Waals surface area contributed by atoms with Gasteiger partial charge in [0.2, 0.25) is 0 Å². The van der Waals surface area contributed by atoms with Gasteiger partial charge in [-0.25, -0.2) is 0 Å². The van der Waals surface area contributed by atoms with Gasteiger partial charge in [-0.3, -0.25) is 4.79 Å². The van der Waals surface area contributed by atoms with Crippen LogP contribution in [0.3, 0.4) is 0 Å². The topological polar surface area (TPSA) is 29.1 Å². The fraction of sp³-hybridized carbons (Fsp3) is 0.500. The Morgan fingerprint density at radius 3 is 2.29 bits per heavy atom. The minimum absolute atomic E-state index is 0.0297. The summed E-state index contributed by atoms with van der Waals surface area (Å²) in [6.45, 7) is 6.23. The van der Waals surface area contributed by atoms with Gasteiger partial charge in [0.1, 0.15) is 0 Å². The van der Waals surface area contributed by atoms with E-state index in [1.54, 1.807) is 0 Å². The average molecular weight is 254 g/mol. The average Bonchev–Trinajstić information content (AvgIpc) is 2.29.